The number of hydrogen-bond donors (Lipinski definition) is 1. The third-order valence-corrected chi connectivity index (χ3v) is 6.45. The minimum Gasteiger partial charge on any atom is -0.427 e. The molecule has 0 unspecified atom stereocenters. The number of benzene rings is 2. The predicted molar refractivity (Wildman–Crippen MR) is 127 cm³/mol. The summed E-state index contributed by atoms with van der Waals surface area (Å²) in [6.07, 6.45) is 9.35. The van der Waals surface area contributed by atoms with Crippen molar-refractivity contribution in [1.29, 1.82) is 0 Å². The second kappa shape index (κ2) is 10.6. The molecule has 0 aliphatic carbocycles. The highest BCUT2D eigenvalue weighted by molar-refractivity contribution is 5.85. The van der Waals surface area contributed by atoms with Crippen molar-refractivity contribution in [1.82, 2.24) is 9.88 Å². The maximum atomic E-state index is 11.8. The monoisotopic (exact) mass is 418 g/mol. The number of carbonyl (C=O) groups excluding carboxylic acids is 1. The normalized spacial score (nSPS) is 15.4. The first-order valence-electron chi connectivity index (χ1n) is 11.8. The van der Waals surface area contributed by atoms with Gasteiger partial charge in [0.1, 0.15) is 5.75 Å². The fourth-order valence-electron chi connectivity index (χ4n) is 4.68. The molecular formula is C27H34N2O2. The Morgan fingerprint density at radius 3 is 2.68 bits per heavy atom. The highest BCUT2D eigenvalue weighted by atomic mass is 16.5. The molecule has 0 spiro atoms. The first kappa shape index (κ1) is 21.6. The van der Waals surface area contributed by atoms with E-state index < -0.39 is 0 Å². The summed E-state index contributed by atoms with van der Waals surface area (Å²) in [5.41, 5.74) is 3.92. The van der Waals surface area contributed by atoms with E-state index in [0.717, 1.165) is 24.3 Å². The van der Waals surface area contributed by atoms with Crippen molar-refractivity contribution >= 4 is 16.9 Å². The lowest BCUT2D eigenvalue weighted by molar-refractivity contribution is -0.134. The number of H-pyrrole nitrogens is 1. The zero-order chi connectivity index (χ0) is 21.5. The number of aryl methyl sites for hydroxylation is 1. The van der Waals surface area contributed by atoms with Crippen molar-refractivity contribution in [3.63, 3.8) is 0 Å². The Labute approximate surface area is 185 Å². The molecule has 2 aromatic carbocycles. The molecule has 0 saturated carbocycles. The van der Waals surface area contributed by atoms with Crippen LogP contribution in [0.2, 0.25) is 0 Å². The highest BCUT2D eigenvalue weighted by Crippen LogP contribution is 2.28. The number of rotatable bonds is 9. The largest absolute Gasteiger partial charge is 0.427 e. The Morgan fingerprint density at radius 1 is 1.10 bits per heavy atom. The van der Waals surface area contributed by atoms with Crippen LogP contribution in [-0.2, 0) is 11.2 Å². The third-order valence-electron chi connectivity index (χ3n) is 6.45. The molecule has 4 heteroatoms. The summed E-state index contributed by atoms with van der Waals surface area (Å²) in [4.78, 5) is 17.8. The molecule has 2 heterocycles. The van der Waals surface area contributed by atoms with Gasteiger partial charge in [-0.1, -0.05) is 37.3 Å². The van der Waals surface area contributed by atoms with E-state index >= 15 is 0 Å². The minimum absolute atomic E-state index is 0.157. The fraction of sp³-hybridized carbons (Fsp3) is 0.444. The van der Waals surface area contributed by atoms with Crippen molar-refractivity contribution in [2.24, 2.45) is 0 Å². The topological polar surface area (TPSA) is 45.3 Å². The van der Waals surface area contributed by atoms with Crippen LogP contribution in [0, 0.1) is 0 Å². The van der Waals surface area contributed by atoms with Gasteiger partial charge in [0, 0.05) is 23.5 Å². The molecule has 164 valence electrons. The number of nitrogens with zero attached hydrogens (tertiary/aromatic N) is 1. The van der Waals surface area contributed by atoms with Crippen molar-refractivity contribution in [2.75, 3.05) is 19.6 Å². The molecule has 31 heavy (non-hydrogen) atoms. The van der Waals surface area contributed by atoms with Gasteiger partial charge in [-0.15, -0.1) is 0 Å². The molecule has 0 atom stereocenters. The van der Waals surface area contributed by atoms with E-state index in [1.807, 2.05) is 25.1 Å². The van der Waals surface area contributed by atoms with Crippen molar-refractivity contribution in [3.8, 4) is 5.75 Å². The Morgan fingerprint density at radius 2 is 1.90 bits per heavy atom. The Hall–Kier alpha value is -2.59. The summed E-state index contributed by atoms with van der Waals surface area (Å²) < 4.78 is 5.47. The third kappa shape index (κ3) is 5.76. The highest BCUT2D eigenvalue weighted by Gasteiger charge is 2.20. The van der Waals surface area contributed by atoms with E-state index in [1.54, 1.807) is 0 Å². The quantitative estimate of drug-likeness (QED) is 0.260. The van der Waals surface area contributed by atoms with E-state index in [0.29, 0.717) is 12.2 Å². The lowest BCUT2D eigenvalue weighted by atomic mass is 9.89. The maximum Gasteiger partial charge on any atom is 0.311 e. The van der Waals surface area contributed by atoms with Crippen LogP contribution >= 0.6 is 0 Å². The van der Waals surface area contributed by atoms with Crippen LogP contribution in [0.5, 0.6) is 5.75 Å². The van der Waals surface area contributed by atoms with Gasteiger partial charge in [-0.2, -0.15) is 0 Å². The van der Waals surface area contributed by atoms with Crippen LogP contribution in [0.3, 0.4) is 0 Å². The molecular weight excluding hydrogens is 384 g/mol. The number of aromatic nitrogens is 1. The number of unbranched alkanes of at least 4 members (excludes halogenated alkanes) is 1. The van der Waals surface area contributed by atoms with Crippen LogP contribution < -0.4 is 4.74 Å². The SMILES string of the molecule is CCCC(=O)Oc1ccc2[nH]cc(CCCCN3CCC(c4ccccc4)CC3)c2c1. The first-order chi connectivity index (χ1) is 15.2. The predicted octanol–water partition coefficient (Wildman–Crippen LogP) is 6.08. The molecule has 1 N–H and O–H groups in total. The van der Waals surface area contributed by atoms with E-state index in [1.165, 1.54) is 61.8 Å². The molecule has 0 bridgehead atoms. The Kier molecular flexibility index (Phi) is 7.42. The second-order valence-electron chi connectivity index (χ2n) is 8.73. The summed E-state index contributed by atoms with van der Waals surface area (Å²) >= 11 is 0. The fourth-order valence-corrected chi connectivity index (χ4v) is 4.68. The van der Waals surface area contributed by atoms with Crippen LogP contribution in [0.1, 0.15) is 62.5 Å². The van der Waals surface area contributed by atoms with E-state index in [-0.39, 0.29) is 5.97 Å². The molecule has 1 aliphatic rings. The van der Waals surface area contributed by atoms with Gasteiger partial charge >= 0.3 is 5.97 Å². The Bertz CT molecular complexity index is 971. The number of esters is 1. The van der Waals surface area contributed by atoms with Gasteiger partial charge in [0.25, 0.3) is 0 Å². The number of likely N-dealkylation sites (tertiary alicyclic amines) is 1. The summed E-state index contributed by atoms with van der Waals surface area (Å²) in [7, 11) is 0. The van der Waals surface area contributed by atoms with Crippen LogP contribution in [0.25, 0.3) is 10.9 Å². The average Bonchev–Trinajstić information content (AvgIpc) is 3.20. The van der Waals surface area contributed by atoms with Gasteiger partial charge in [-0.05, 0) is 93.4 Å². The number of fused-ring (bicyclic) bond motifs is 1. The summed E-state index contributed by atoms with van der Waals surface area (Å²) in [6, 6.07) is 16.8. The summed E-state index contributed by atoms with van der Waals surface area (Å²) in [6.45, 7) is 5.59. The smallest absolute Gasteiger partial charge is 0.311 e. The summed E-state index contributed by atoms with van der Waals surface area (Å²) in [5.74, 6) is 1.22. The van der Waals surface area contributed by atoms with Gasteiger partial charge in [-0.3, -0.25) is 4.79 Å². The molecule has 1 aromatic heterocycles. The number of piperidine rings is 1. The van der Waals surface area contributed by atoms with E-state index in [2.05, 4.69) is 46.4 Å². The molecule has 1 saturated heterocycles. The number of aromatic amines is 1. The zero-order valence-corrected chi connectivity index (χ0v) is 18.6. The minimum atomic E-state index is -0.157. The molecule has 0 amide bonds. The molecule has 3 aromatic rings. The van der Waals surface area contributed by atoms with Gasteiger partial charge in [0.15, 0.2) is 0 Å². The van der Waals surface area contributed by atoms with Crippen molar-refractivity contribution in [2.45, 2.75) is 57.8 Å². The number of ether oxygens (including phenoxy) is 1. The van der Waals surface area contributed by atoms with E-state index in [4.69, 9.17) is 4.74 Å². The van der Waals surface area contributed by atoms with Gasteiger partial charge in [-0.25, -0.2) is 0 Å². The first-order valence-corrected chi connectivity index (χ1v) is 11.8. The molecule has 4 nitrogen and oxygen atoms in total. The second-order valence-corrected chi connectivity index (χ2v) is 8.73. The Balaban J connectivity index is 1.23. The van der Waals surface area contributed by atoms with Gasteiger partial charge < -0.3 is 14.6 Å². The average molecular weight is 419 g/mol. The zero-order valence-electron chi connectivity index (χ0n) is 18.6. The lowest BCUT2D eigenvalue weighted by Gasteiger charge is -2.32. The summed E-state index contributed by atoms with van der Waals surface area (Å²) in [5, 5.41) is 1.17. The van der Waals surface area contributed by atoms with Crippen molar-refractivity contribution in [3.05, 3.63) is 65.9 Å². The van der Waals surface area contributed by atoms with Gasteiger partial charge in [0.05, 0.1) is 0 Å². The molecule has 1 aliphatic heterocycles. The number of hydrogen-bond acceptors (Lipinski definition) is 3. The standard InChI is InChI=1S/C27H34N2O2/c1-2-8-27(30)31-24-12-13-26-25(19-24)23(20-28-26)11-6-7-16-29-17-14-22(15-18-29)21-9-4-3-5-10-21/h3-5,9-10,12-13,19-20,22,28H,2,6-8,11,14-18H2,1H3. The van der Waals surface area contributed by atoms with Crippen LogP contribution in [0.15, 0.2) is 54.7 Å². The molecule has 0 radical (unpaired) electrons. The van der Waals surface area contributed by atoms with E-state index in [9.17, 15) is 4.79 Å². The molecule has 4 rings (SSSR count). The number of carbonyl (C=O) groups is 1. The molecule has 1 fully saturated rings. The van der Waals surface area contributed by atoms with Gasteiger partial charge in [0.2, 0.25) is 0 Å². The van der Waals surface area contributed by atoms with Crippen LogP contribution in [-0.4, -0.2) is 35.5 Å². The number of nitrogens with one attached hydrogen (secondary N) is 1. The maximum absolute atomic E-state index is 11.8. The van der Waals surface area contributed by atoms with Crippen molar-refractivity contribution < 1.29 is 9.53 Å². The lowest BCUT2D eigenvalue weighted by Crippen LogP contribution is -2.33. The van der Waals surface area contributed by atoms with Crippen LogP contribution in [0.4, 0.5) is 0 Å².